The Labute approximate surface area is 154 Å². The number of rotatable bonds is 4. The number of nitrogen functional groups attached to an aromatic ring is 1. The first-order chi connectivity index (χ1) is 12.2. The quantitative estimate of drug-likeness (QED) is 0.798. The van der Waals surface area contributed by atoms with Gasteiger partial charge in [-0.25, -0.2) is 4.79 Å². The second-order valence-electron chi connectivity index (χ2n) is 7.23. The molecule has 1 amide bonds. The molecular formula is C20H27N3O3. The third-order valence-corrected chi connectivity index (χ3v) is 3.86. The molecule has 6 heteroatoms. The summed E-state index contributed by atoms with van der Waals surface area (Å²) in [7, 11) is 0. The number of allylic oxidation sites excluding steroid dienone is 3. The molecule has 2 rings (SSSR count). The van der Waals surface area contributed by atoms with E-state index in [0.29, 0.717) is 30.1 Å². The number of nitrogens with zero attached hydrogens (tertiary/aromatic N) is 1. The van der Waals surface area contributed by atoms with Gasteiger partial charge in [0.05, 0.1) is 18.0 Å². The number of carbonyl (C=O) groups is 1. The minimum absolute atomic E-state index is 0.0861. The van der Waals surface area contributed by atoms with E-state index in [1.807, 2.05) is 31.2 Å². The summed E-state index contributed by atoms with van der Waals surface area (Å²) in [4.78, 5) is 16.1. The molecule has 6 nitrogen and oxygen atoms in total. The monoisotopic (exact) mass is 357 g/mol. The molecule has 0 spiro atoms. The maximum absolute atomic E-state index is 12.0. The van der Waals surface area contributed by atoms with Gasteiger partial charge in [0.25, 0.3) is 0 Å². The lowest BCUT2D eigenvalue weighted by atomic mass is 9.88. The number of carbonyl (C=O) groups excluding carboxylic acids is 1. The Balaban J connectivity index is 2.01. The van der Waals surface area contributed by atoms with E-state index in [9.17, 15) is 4.79 Å². The first kappa shape index (κ1) is 19.6. The first-order valence-corrected chi connectivity index (χ1v) is 8.62. The molecule has 1 unspecified atom stereocenters. The number of aliphatic imine (C=N–C) groups is 1. The third-order valence-electron chi connectivity index (χ3n) is 3.86. The largest absolute Gasteiger partial charge is 0.493 e. The molecule has 1 aliphatic carbocycles. The average molecular weight is 357 g/mol. The van der Waals surface area contributed by atoms with E-state index in [2.05, 4.69) is 4.99 Å². The van der Waals surface area contributed by atoms with Gasteiger partial charge < -0.3 is 20.9 Å². The van der Waals surface area contributed by atoms with Crippen LogP contribution in [-0.2, 0) is 4.74 Å². The van der Waals surface area contributed by atoms with Crippen LogP contribution in [0.25, 0.3) is 0 Å². The van der Waals surface area contributed by atoms with E-state index in [0.717, 1.165) is 11.3 Å². The number of hydrogen-bond acceptors (Lipinski definition) is 5. The summed E-state index contributed by atoms with van der Waals surface area (Å²) in [6, 6.07) is 7.31. The predicted octanol–water partition coefficient (Wildman–Crippen LogP) is 3.83. The van der Waals surface area contributed by atoms with Crippen LogP contribution in [0.5, 0.6) is 5.75 Å². The molecule has 0 heterocycles. The highest BCUT2D eigenvalue weighted by Gasteiger charge is 2.24. The molecule has 1 aliphatic rings. The van der Waals surface area contributed by atoms with Crippen molar-refractivity contribution in [3.8, 4) is 5.75 Å². The summed E-state index contributed by atoms with van der Waals surface area (Å²) < 4.78 is 11.0. The van der Waals surface area contributed by atoms with Crippen molar-refractivity contribution in [3.05, 3.63) is 47.7 Å². The number of benzene rings is 1. The highest BCUT2D eigenvalue weighted by atomic mass is 16.6. The smallest absolute Gasteiger partial charge is 0.434 e. The standard InChI is InChI=1S/C20H27N3O3/c1-13-14(10-11-25-16-7-5-6-15(21)12-16)8-9-17(22)18(13)23-19(24)26-20(2,3)4/h5-9,12-13H,10-11,21-22H2,1-4H3. The molecule has 0 bridgehead atoms. The van der Waals surface area contributed by atoms with E-state index in [4.69, 9.17) is 20.9 Å². The van der Waals surface area contributed by atoms with Gasteiger partial charge in [-0.05, 0) is 39.0 Å². The summed E-state index contributed by atoms with van der Waals surface area (Å²) in [5.41, 5.74) is 13.9. The van der Waals surface area contributed by atoms with Gasteiger partial charge in [-0.3, -0.25) is 0 Å². The molecule has 140 valence electrons. The van der Waals surface area contributed by atoms with Crippen LogP contribution in [0.15, 0.2) is 52.7 Å². The van der Waals surface area contributed by atoms with Crippen molar-refractivity contribution >= 4 is 17.5 Å². The summed E-state index contributed by atoms with van der Waals surface area (Å²) in [5.74, 6) is 0.642. The molecule has 1 aromatic rings. The highest BCUT2D eigenvalue weighted by molar-refractivity contribution is 6.08. The maximum Gasteiger partial charge on any atom is 0.434 e. The van der Waals surface area contributed by atoms with Gasteiger partial charge in [-0.2, -0.15) is 4.99 Å². The number of hydrogen-bond donors (Lipinski definition) is 2. The Bertz CT molecular complexity index is 758. The molecule has 1 aromatic carbocycles. The molecule has 0 fully saturated rings. The van der Waals surface area contributed by atoms with Crippen molar-refractivity contribution in [2.75, 3.05) is 12.3 Å². The summed E-state index contributed by atoms with van der Waals surface area (Å²) in [6.45, 7) is 7.86. The predicted molar refractivity (Wildman–Crippen MR) is 104 cm³/mol. The Hall–Kier alpha value is -2.76. The Morgan fingerprint density at radius 1 is 1.23 bits per heavy atom. The summed E-state index contributed by atoms with van der Waals surface area (Å²) >= 11 is 0. The molecular weight excluding hydrogens is 330 g/mol. The molecule has 26 heavy (non-hydrogen) atoms. The van der Waals surface area contributed by atoms with Crippen LogP contribution in [0, 0.1) is 5.92 Å². The molecule has 0 aromatic heterocycles. The van der Waals surface area contributed by atoms with Crippen molar-refractivity contribution in [2.24, 2.45) is 16.6 Å². The minimum atomic E-state index is -0.632. The van der Waals surface area contributed by atoms with Crippen LogP contribution in [-0.4, -0.2) is 24.0 Å². The van der Waals surface area contributed by atoms with Crippen molar-refractivity contribution in [1.29, 1.82) is 0 Å². The second kappa shape index (κ2) is 8.08. The second-order valence-corrected chi connectivity index (χ2v) is 7.23. The van der Waals surface area contributed by atoms with Gasteiger partial charge in [0.15, 0.2) is 0 Å². The zero-order chi connectivity index (χ0) is 19.3. The average Bonchev–Trinajstić information content (AvgIpc) is 2.52. The molecule has 0 saturated heterocycles. The number of ether oxygens (including phenoxy) is 2. The van der Waals surface area contributed by atoms with E-state index < -0.39 is 11.7 Å². The fourth-order valence-corrected chi connectivity index (χ4v) is 2.59. The lowest BCUT2D eigenvalue weighted by Gasteiger charge is -2.23. The van der Waals surface area contributed by atoms with Gasteiger partial charge >= 0.3 is 6.09 Å². The van der Waals surface area contributed by atoms with E-state index in [-0.39, 0.29) is 5.92 Å². The summed E-state index contributed by atoms with van der Waals surface area (Å²) in [6.07, 6.45) is 3.77. The SMILES string of the molecule is CC1C(CCOc2cccc(N)c2)=CC=C(N)C1=NC(=O)OC(C)(C)C. The lowest BCUT2D eigenvalue weighted by Crippen LogP contribution is -2.28. The van der Waals surface area contributed by atoms with Crippen LogP contribution in [0.2, 0.25) is 0 Å². The Morgan fingerprint density at radius 3 is 2.62 bits per heavy atom. The Kier molecular flexibility index (Phi) is 6.08. The van der Waals surface area contributed by atoms with Gasteiger partial charge in [-0.15, -0.1) is 0 Å². The topological polar surface area (TPSA) is 99.9 Å². The highest BCUT2D eigenvalue weighted by Crippen LogP contribution is 2.25. The van der Waals surface area contributed by atoms with E-state index >= 15 is 0 Å². The van der Waals surface area contributed by atoms with Crippen LogP contribution in [0.1, 0.15) is 34.1 Å². The van der Waals surface area contributed by atoms with Gasteiger partial charge in [-0.1, -0.05) is 24.6 Å². The number of nitrogens with two attached hydrogens (primary N) is 2. The molecule has 1 atom stereocenters. The van der Waals surface area contributed by atoms with Crippen LogP contribution in [0.4, 0.5) is 10.5 Å². The molecule has 0 aliphatic heterocycles. The number of anilines is 1. The molecule has 0 radical (unpaired) electrons. The van der Waals surface area contributed by atoms with Gasteiger partial charge in [0, 0.05) is 24.1 Å². The fraction of sp³-hybridized carbons (Fsp3) is 0.400. The van der Waals surface area contributed by atoms with E-state index in [1.165, 1.54) is 0 Å². The van der Waals surface area contributed by atoms with Gasteiger partial charge in [0.2, 0.25) is 0 Å². The van der Waals surface area contributed by atoms with Crippen molar-refractivity contribution in [3.63, 3.8) is 0 Å². The lowest BCUT2D eigenvalue weighted by molar-refractivity contribution is 0.0603. The zero-order valence-corrected chi connectivity index (χ0v) is 15.8. The molecule has 4 N–H and O–H groups in total. The van der Waals surface area contributed by atoms with Crippen molar-refractivity contribution in [2.45, 2.75) is 39.7 Å². The van der Waals surface area contributed by atoms with Crippen molar-refractivity contribution < 1.29 is 14.3 Å². The third kappa shape index (κ3) is 5.65. The summed E-state index contributed by atoms with van der Waals surface area (Å²) in [5, 5.41) is 0. The van der Waals surface area contributed by atoms with E-state index in [1.54, 1.807) is 32.9 Å². The fourth-order valence-electron chi connectivity index (χ4n) is 2.59. The first-order valence-electron chi connectivity index (χ1n) is 8.62. The van der Waals surface area contributed by atoms with Crippen molar-refractivity contribution in [1.82, 2.24) is 0 Å². The number of amides is 1. The van der Waals surface area contributed by atoms with Crippen LogP contribution in [0.3, 0.4) is 0 Å². The van der Waals surface area contributed by atoms with Crippen LogP contribution >= 0.6 is 0 Å². The van der Waals surface area contributed by atoms with Crippen LogP contribution < -0.4 is 16.2 Å². The molecule has 0 saturated carbocycles. The maximum atomic E-state index is 12.0. The van der Waals surface area contributed by atoms with Gasteiger partial charge in [0.1, 0.15) is 11.4 Å². The normalized spacial score (nSPS) is 18.9. The zero-order valence-electron chi connectivity index (χ0n) is 15.8. The minimum Gasteiger partial charge on any atom is -0.493 e. The Morgan fingerprint density at radius 2 is 1.96 bits per heavy atom.